The van der Waals surface area contributed by atoms with E-state index in [1.807, 2.05) is 0 Å². The number of aromatic nitrogens is 3. The van der Waals surface area contributed by atoms with E-state index in [-0.39, 0.29) is 30.9 Å². The molecule has 0 amide bonds. The highest BCUT2D eigenvalue weighted by molar-refractivity contribution is 7.16. The molecule has 0 bridgehead atoms. The highest BCUT2D eigenvalue weighted by atomic mass is 32.1. The minimum atomic E-state index is -0.469. The lowest BCUT2D eigenvalue weighted by atomic mass is 10.2. The van der Waals surface area contributed by atoms with Crippen molar-refractivity contribution in [3.05, 3.63) is 70.2 Å². The van der Waals surface area contributed by atoms with Crippen LogP contribution in [0.25, 0.3) is 21.7 Å². The normalized spacial score (nSPS) is 11.0. The van der Waals surface area contributed by atoms with Gasteiger partial charge in [-0.15, -0.1) is 11.3 Å². The maximum absolute atomic E-state index is 13.0. The molecule has 0 aliphatic carbocycles. The summed E-state index contributed by atoms with van der Waals surface area (Å²) in [6, 6.07) is 7.43. The number of oxazole rings is 1. The van der Waals surface area contributed by atoms with Gasteiger partial charge in [0.05, 0.1) is 18.1 Å². The Morgan fingerprint density at radius 1 is 1.25 bits per heavy atom. The zero-order valence-electron chi connectivity index (χ0n) is 14.5. The maximum Gasteiger partial charge on any atom is 0.307 e. The number of fused-ring (bicyclic) bond motifs is 1. The Labute approximate surface area is 162 Å². The molecule has 0 saturated carbocycles. The van der Waals surface area contributed by atoms with Crippen molar-refractivity contribution in [1.82, 2.24) is 14.5 Å². The molecule has 142 valence electrons. The summed E-state index contributed by atoms with van der Waals surface area (Å²) < 4.78 is 24.9. The molecular weight excluding hydrogens is 385 g/mol. The van der Waals surface area contributed by atoms with Crippen LogP contribution in [0.3, 0.4) is 0 Å². The van der Waals surface area contributed by atoms with Crippen molar-refractivity contribution in [3.63, 3.8) is 0 Å². The fourth-order valence-electron chi connectivity index (χ4n) is 2.59. The molecule has 0 unspecified atom stereocenters. The average molecular weight is 399 g/mol. The van der Waals surface area contributed by atoms with Gasteiger partial charge in [0.15, 0.2) is 0 Å². The number of benzene rings is 1. The van der Waals surface area contributed by atoms with Crippen molar-refractivity contribution in [2.24, 2.45) is 0 Å². The topological polar surface area (TPSA) is 87.2 Å². The number of hydrogen-bond acceptors (Lipinski definition) is 7. The minimum absolute atomic E-state index is 0.0277. The molecule has 0 aliphatic rings. The Balaban J connectivity index is 1.32. The Kier molecular flexibility index (Phi) is 4.98. The number of hydrogen-bond donors (Lipinski definition) is 0. The van der Waals surface area contributed by atoms with Gasteiger partial charge in [-0.05, 0) is 35.7 Å². The Morgan fingerprint density at radius 2 is 2.07 bits per heavy atom. The predicted molar refractivity (Wildman–Crippen MR) is 100 cm³/mol. The Bertz CT molecular complexity index is 1180. The lowest BCUT2D eigenvalue weighted by Gasteiger charge is -2.05. The van der Waals surface area contributed by atoms with Gasteiger partial charge >= 0.3 is 5.97 Å². The summed E-state index contributed by atoms with van der Waals surface area (Å²) in [6.45, 7) is 0.121. The molecule has 3 aromatic heterocycles. The maximum atomic E-state index is 13.0. The second-order valence-corrected chi connectivity index (χ2v) is 6.84. The Morgan fingerprint density at radius 3 is 2.89 bits per heavy atom. The van der Waals surface area contributed by atoms with Crippen molar-refractivity contribution in [1.29, 1.82) is 0 Å². The van der Waals surface area contributed by atoms with Gasteiger partial charge in [0, 0.05) is 12.1 Å². The van der Waals surface area contributed by atoms with Gasteiger partial charge in [0.2, 0.25) is 5.89 Å². The van der Waals surface area contributed by atoms with Gasteiger partial charge in [-0.3, -0.25) is 14.2 Å². The summed E-state index contributed by atoms with van der Waals surface area (Å²) in [6.07, 6.45) is 2.84. The monoisotopic (exact) mass is 399 g/mol. The number of ether oxygens (including phenoxy) is 1. The van der Waals surface area contributed by atoms with Crippen molar-refractivity contribution < 1.29 is 18.3 Å². The highest BCUT2D eigenvalue weighted by Gasteiger charge is 2.11. The first kappa shape index (κ1) is 18.1. The number of nitrogens with zero attached hydrogens (tertiary/aromatic N) is 3. The molecule has 0 atom stereocenters. The smallest absolute Gasteiger partial charge is 0.307 e. The number of rotatable bonds is 6. The number of halogens is 1. The van der Waals surface area contributed by atoms with E-state index >= 15 is 0 Å². The SMILES string of the molecule is O=C(CCn1cnc2sccc2c1=O)OCc1coc(-c2ccc(F)cc2)n1. The standard InChI is InChI=1S/C19H14FN3O4S/c20-13-3-1-12(2-4-13)17-22-14(10-27-17)9-26-16(24)5-7-23-11-21-18-15(19(23)25)6-8-28-18/h1-4,6,8,10-11H,5,7,9H2. The van der Waals surface area contributed by atoms with Crippen molar-refractivity contribution >= 4 is 27.5 Å². The summed E-state index contributed by atoms with van der Waals surface area (Å²) >= 11 is 1.39. The molecule has 4 rings (SSSR count). The summed E-state index contributed by atoms with van der Waals surface area (Å²) in [5.74, 6) is -0.506. The molecule has 0 fully saturated rings. The third-order valence-corrected chi connectivity index (χ3v) is 4.85. The first-order valence-corrected chi connectivity index (χ1v) is 9.27. The van der Waals surface area contributed by atoms with Gasteiger partial charge in [0.25, 0.3) is 5.56 Å². The summed E-state index contributed by atoms with van der Waals surface area (Å²) in [7, 11) is 0. The van der Waals surface area contributed by atoms with Crippen molar-refractivity contribution in [3.8, 4) is 11.5 Å². The minimum Gasteiger partial charge on any atom is -0.459 e. The molecular formula is C19H14FN3O4S. The molecule has 0 saturated heterocycles. The van der Waals surface area contributed by atoms with Crippen LogP contribution < -0.4 is 5.56 Å². The van der Waals surface area contributed by atoms with Crippen molar-refractivity contribution in [2.45, 2.75) is 19.6 Å². The van der Waals surface area contributed by atoms with Gasteiger partial charge in [0.1, 0.15) is 29.2 Å². The number of aryl methyl sites for hydroxylation is 1. The molecule has 0 radical (unpaired) electrons. The predicted octanol–water partition coefficient (Wildman–Crippen LogP) is 3.39. The molecule has 7 nitrogen and oxygen atoms in total. The third-order valence-electron chi connectivity index (χ3n) is 4.03. The van der Waals surface area contributed by atoms with E-state index in [2.05, 4.69) is 9.97 Å². The number of carbonyl (C=O) groups excluding carboxylic acids is 1. The quantitative estimate of drug-likeness (QED) is 0.462. The largest absolute Gasteiger partial charge is 0.459 e. The van der Waals surface area contributed by atoms with E-state index < -0.39 is 5.97 Å². The zero-order valence-corrected chi connectivity index (χ0v) is 15.3. The molecule has 28 heavy (non-hydrogen) atoms. The number of carbonyl (C=O) groups is 1. The molecule has 3 heterocycles. The zero-order chi connectivity index (χ0) is 19.5. The lowest BCUT2D eigenvalue weighted by Crippen LogP contribution is -2.21. The van der Waals surface area contributed by atoms with E-state index in [1.165, 1.54) is 40.6 Å². The van der Waals surface area contributed by atoms with Gasteiger partial charge in [-0.2, -0.15) is 0 Å². The Hall–Kier alpha value is -3.33. The summed E-state index contributed by atoms with van der Waals surface area (Å²) in [5.41, 5.74) is 0.875. The average Bonchev–Trinajstić information content (AvgIpc) is 3.36. The lowest BCUT2D eigenvalue weighted by molar-refractivity contribution is -0.145. The van der Waals surface area contributed by atoms with E-state index in [0.717, 1.165) is 0 Å². The molecule has 0 N–H and O–H groups in total. The fourth-order valence-corrected chi connectivity index (χ4v) is 3.31. The first-order chi connectivity index (χ1) is 13.6. The molecule has 1 aromatic carbocycles. The van der Waals surface area contributed by atoms with Crippen LogP contribution in [0.5, 0.6) is 0 Å². The van der Waals surface area contributed by atoms with E-state index in [4.69, 9.17) is 9.15 Å². The summed E-state index contributed by atoms with van der Waals surface area (Å²) in [4.78, 5) is 33.3. The number of thiophene rings is 1. The summed E-state index contributed by atoms with van der Waals surface area (Å²) in [5, 5.41) is 2.34. The second kappa shape index (κ2) is 7.73. The molecule has 4 aromatic rings. The molecule has 9 heteroatoms. The van der Waals surface area contributed by atoms with E-state index in [0.29, 0.717) is 27.4 Å². The van der Waals surface area contributed by atoms with Gasteiger partial charge in [-0.25, -0.2) is 14.4 Å². The second-order valence-electron chi connectivity index (χ2n) is 5.94. The molecule has 0 spiro atoms. The van der Waals surface area contributed by atoms with E-state index in [9.17, 15) is 14.0 Å². The first-order valence-electron chi connectivity index (χ1n) is 8.39. The van der Waals surface area contributed by atoms with Crippen LogP contribution in [0, 0.1) is 5.82 Å². The van der Waals surface area contributed by atoms with Gasteiger partial charge < -0.3 is 9.15 Å². The van der Waals surface area contributed by atoms with Crippen LogP contribution in [0.2, 0.25) is 0 Å². The van der Waals surface area contributed by atoms with Crippen LogP contribution in [0.4, 0.5) is 4.39 Å². The highest BCUT2D eigenvalue weighted by Crippen LogP contribution is 2.19. The fraction of sp³-hybridized carbons (Fsp3) is 0.158. The third kappa shape index (κ3) is 3.84. The van der Waals surface area contributed by atoms with Crippen LogP contribution in [-0.2, 0) is 22.7 Å². The van der Waals surface area contributed by atoms with Crippen LogP contribution >= 0.6 is 11.3 Å². The van der Waals surface area contributed by atoms with Crippen LogP contribution in [0.1, 0.15) is 12.1 Å². The van der Waals surface area contributed by atoms with Crippen LogP contribution in [-0.4, -0.2) is 20.5 Å². The number of esters is 1. The van der Waals surface area contributed by atoms with E-state index in [1.54, 1.807) is 23.6 Å². The van der Waals surface area contributed by atoms with Crippen molar-refractivity contribution in [2.75, 3.05) is 0 Å². The molecule has 0 aliphatic heterocycles. The van der Waals surface area contributed by atoms with Crippen LogP contribution in [0.15, 0.2) is 57.5 Å². The van der Waals surface area contributed by atoms with Gasteiger partial charge in [-0.1, -0.05) is 0 Å².